The van der Waals surface area contributed by atoms with Crippen LogP contribution in [0.1, 0.15) is 22.6 Å². The fraction of sp³-hybridized carbons (Fsp3) is 0.0952. The topological polar surface area (TPSA) is 108 Å². The van der Waals surface area contributed by atoms with Crippen molar-refractivity contribution in [2.45, 2.75) is 6.42 Å². The molecule has 0 aliphatic heterocycles. The van der Waals surface area contributed by atoms with E-state index in [0.29, 0.717) is 30.2 Å². The van der Waals surface area contributed by atoms with E-state index >= 15 is 0 Å². The average molecular weight is 403 g/mol. The zero-order valence-corrected chi connectivity index (χ0v) is 15.8. The van der Waals surface area contributed by atoms with Crippen LogP contribution in [-0.4, -0.2) is 37.4 Å². The van der Waals surface area contributed by atoms with Gasteiger partial charge in [-0.2, -0.15) is 0 Å². The fourth-order valence-corrected chi connectivity index (χ4v) is 2.68. The number of carbonyl (C=O) groups is 1. The van der Waals surface area contributed by atoms with Crippen LogP contribution in [-0.2, 0) is 0 Å². The van der Waals surface area contributed by atoms with Gasteiger partial charge in [0.2, 0.25) is 5.95 Å². The molecule has 4 rings (SSSR count). The quantitative estimate of drug-likeness (QED) is 0.408. The highest BCUT2D eigenvalue weighted by Gasteiger charge is 2.10. The maximum Gasteiger partial charge on any atom is 0.287 e. The monoisotopic (exact) mass is 403 g/mol. The molecule has 8 nitrogen and oxygen atoms in total. The second-order valence-electron chi connectivity index (χ2n) is 6.38. The van der Waals surface area contributed by atoms with Crippen LogP contribution in [0.2, 0.25) is 0 Å². The number of nitrogens with one attached hydrogen (secondary N) is 3. The summed E-state index contributed by atoms with van der Waals surface area (Å²) in [6, 6.07) is 9.55. The van der Waals surface area contributed by atoms with Gasteiger partial charge in [-0.05, 0) is 42.8 Å². The summed E-state index contributed by atoms with van der Waals surface area (Å²) in [6.45, 7) is 0.463. The van der Waals surface area contributed by atoms with Gasteiger partial charge in [0.05, 0.1) is 5.52 Å². The van der Waals surface area contributed by atoms with Gasteiger partial charge in [0.1, 0.15) is 5.82 Å². The van der Waals surface area contributed by atoms with Gasteiger partial charge in [0.25, 0.3) is 5.91 Å². The number of aromatic amines is 1. The molecule has 9 heteroatoms. The van der Waals surface area contributed by atoms with Gasteiger partial charge in [0, 0.05) is 36.4 Å². The Kier molecular flexibility index (Phi) is 5.70. The Hall–Kier alpha value is -4.14. The lowest BCUT2D eigenvalue weighted by Crippen LogP contribution is -2.25. The second kappa shape index (κ2) is 8.91. The Morgan fingerprint density at radius 3 is 2.67 bits per heavy atom. The van der Waals surface area contributed by atoms with E-state index in [2.05, 4.69) is 35.6 Å². The summed E-state index contributed by atoms with van der Waals surface area (Å²) >= 11 is 0. The number of aromatic nitrogens is 5. The van der Waals surface area contributed by atoms with Crippen LogP contribution in [0.4, 0.5) is 16.0 Å². The normalized spacial score (nSPS) is 11.1. The SMILES string of the molecule is O=C(NCC/C=C/c1cnc(Nc2ccc(F)cc2)nc1)c1nc2ncccc2[nH]1. The molecule has 1 amide bonds. The summed E-state index contributed by atoms with van der Waals surface area (Å²) in [6.07, 6.45) is 9.42. The molecule has 4 aromatic rings. The molecular formula is C21H18FN7O. The molecule has 1 aromatic carbocycles. The Labute approximate surface area is 171 Å². The van der Waals surface area contributed by atoms with E-state index in [1.807, 2.05) is 18.2 Å². The molecule has 0 atom stereocenters. The van der Waals surface area contributed by atoms with E-state index in [1.54, 1.807) is 36.8 Å². The largest absolute Gasteiger partial charge is 0.349 e. The van der Waals surface area contributed by atoms with Crippen molar-refractivity contribution in [3.05, 3.63) is 78.3 Å². The van der Waals surface area contributed by atoms with Gasteiger partial charge in [-0.1, -0.05) is 12.2 Å². The molecule has 0 aliphatic carbocycles. The smallest absolute Gasteiger partial charge is 0.287 e. The molecule has 0 radical (unpaired) electrons. The van der Waals surface area contributed by atoms with E-state index in [1.165, 1.54) is 12.1 Å². The number of hydrogen-bond acceptors (Lipinski definition) is 6. The number of hydrogen-bond donors (Lipinski definition) is 3. The van der Waals surface area contributed by atoms with Crippen LogP contribution in [0.15, 0.2) is 61.1 Å². The first-order chi connectivity index (χ1) is 14.7. The van der Waals surface area contributed by atoms with Crippen molar-refractivity contribution < 1.29 is 9.18 Å². The number of anilines is 2. The van der Waals surface area contributed by atoms with E-state index in [9.17, 15) is 9.18 Å². The molecule has 0 aliphatic rings. The number of halogens is 1. The molecule has 0 spiro atoms. The van der Waals surface area contributed by atoms with Crippen molar-refractivity contribution in [2.75, 3.05) is 11.9 Å². The third-order valence-electron chi connectivity index (χ3n) is 4.15. The summed E-state index contributed by atoms with van der Waals surface area (Å²) in [5.41, 5.74) is 2.77. The first-order valence-electron chi connectivity index (χ1n) is 9.27. The third kappa shape index (κ3) is 4.82. The summed E-state index contributed by atoms with van der Waals surface area (Å²) in [4.78, 5) is 31.8. The number of benzene rings is 1. The molecule has 0 saturated carbocycles. The minimum Gasteiger partial charge on any atom is -0.349 e. The predicted octanol–water partition coefficient (Wildman–Crippen LogP) is 3.46. The van der Waals surface area contributed by atoms with E-state index < -0.39 is 0 Å². The number of pyridine rings is 1. The number of H-pyrrole nitrogens is 1. The van der Waals surface area contributed by atoms with E-state index in [4.69, 9.17) is 0 Å². The number of nitrogens with zero attached hydrogens (tertiary/aromatic N) is 4. The van der Waals surface area contributed by atoms with Crippen molar-refractivity contribution in [1.82, 2.24) is 30.2 Å². The van der Waals surface area contributed by atoms with Crippen LogP contribution in [0, 0.1) is 5.82 Å². The zero-order valence-electron chi connectivity index (χ0n) is 15.8. The standard InChI is InChI=1S/C21H18FN7O/c22-15-6-8-16(9-7-15)27-21-25-12-14(13-26-21)4-1-2-10-24-20(30)19-28-17-5-3-11-23-18(17)29-19/h1,3-9,11-13H,2,10H2,(H,24,30)(H,23,28,29)(H,25,26,27)/b4-1+. The number of rotatable bonds is 7. The maximum atomic E-state index is 12.9. The minimum absolute atomic E-state index is 0.241. The van der Waals surface area contributed by atoms with Gasteiger partial charge in [0.15, 0.2) is 11.5 Å². The van der Waals surface area contributed by atoms with Crippen molar-refractivity contribution in [2.24, 2.45) is 0 Å². The number of amides is 1. The van der Waals surface area contributed by atoms with Gasteiger partial charge in [-0.25, -0.2) is 24.3 Å². The Morgan fingerprint density at radius 2 is 1.90 bits per heavy atom. The first kappa shape index (κ1) is 19.2. The van der Waals surface area contributed by atoms with Gasteiger partial charge in [-0.15, -0.1) is 0 Å². The summed E-state index contributed by atoms with van der Waals surface area (Å²) in [5.74, 6) is 0.0883. The minimum atomic E-state index is -0.298. The molecule has 30 heavy (non-hydrogen) atoms. The second-order valence-corrected chi connectivity index (χ2v) is 6.38. The Balaban J connectivity index is 1.24. The predicted molar refractivity (Wildman–Crippen MR) is 112 cm³/mol. The average Bonchev–Trinajstić information content (AvgIpc) is 3.21. The Bertz CT molecular complexity index is 1140. The summed E-state index contributed by atoms with van der Waals surface area (Å²) in [7, 11) is 0. The van der Waals surface area contributed by atoms with Crippen LogP contribution in [0.5, 0.6) is 0 Å². The molecular weight excluding hydrogens is 385 g/mol. The number of carbonyl (C=O) groups excluding carboxylic acids is 1. The fourth-order valence-electron chi connectivity index (χ4n) is 2.68. The third-order valence-corrected chi connectivity index (χ3v) is 4.15. The van der Waals surface area contributed by atoms with Gasteiger partial charge < -0.3 is 15.6 Å². The highest BCUT2D eigenvalue weighted by molar-refractivity contribution is 5.93. The molecule has 3 N–H and O–H groups in total. The zero-order chi connectivity index (χ0) is 20.8. The molecule has 0 saturated heterocycles. The van der Waals surface area contributed by atoms with Crippen molar-refractivity contribution in [3.63, 3.8) is 0 Å². The molecule has 0 bridgehead atoms. The van der Waals surface area contributed by atoms with Crippen LogP contribution < -0.4 is 10.6 Å². The maximum absolute atomic E-state index is 12.9. The van der Waals surface area contributed by atoms with Crippen molar-refractivity contribution >= 4 is 34.8 Å². The molecule has 0 unspecified atom stereocenters. The summed E-state index contributed by atoms with van der Waals surface area (Å²) in [5, 5.41) is 5.81. The molecule has 3 aromatic heterocycles. The highest BCUT2D eigenvalue weighted by atomic mass is 19.1. The first-order valence-corrected chi connectivity index (χ1v) is 9.27. The summed E-state index contributed by atoms with van der Waals surface area (Å²) < 4.78 is 12.9. The Morgan fingerprint density at radius 1 is 1.10 bits per heavy atom. The van der Waals surface area contributed by atoms with Gasteiger partial charge >= 0.3 is 0 Å². The lowest BCUT2D eigenvalue weighted by molar-refractivity contribution is 0.0945. The number of fused-ring (bicyclic) bond motifs is 1. The lowest BCUT2D eigenvalue weighted by Gasteiger charge is -2.04. The van der Waals surface area contributed by atoms with Crippen molar-refractivity contribution in [3.8, 4) is 0 Å². The van der Waals surface area contributed by atoms with Crippen LogP contribution >= 0.6 is 0 Å². The van der Waals surface area contributed by atoms with E-state index in [-0.39, 0.29) is 17.5 Å². The van der Waals surface area contributed by atoms with Crippen LogP contribution in [0.3, 0.4) is 0 Å². The highest BCUT2D eigenvalue weighted by Crippen LogP contribution is 2.13. The lowest BCUT2D eigenvalue weighted by atomic mass is 10.3. The molecule has 0 fully saturated rings. The van der Waals surface area contributed by atoms with Crippen LogP contribution in [0.25, 0.3) is 17.2 Å². The number of imidazole rings is 1. The van der Waals surface area contributed by atoms with E-state index in [0.717, 1.165) is 11.1 Å². The van der Waals surface area contributed by atoms with Gasteiger partial charge in [-0.3, -0.25) is 4.79 Å². The van der Waals surface area contributed by atoms with Crippen molar-refractivity contribution in [1.29, 1.82) is 0 Å². The molecule has 150 valence electrons. The molecule has 3 heterocycles.